The van der Waals surface area contributed by atoms with Crippen LogP contribution >= 0.6 is 0 Å². The van der Waals surface area contributed by atoms with Gasteiger partial charge in [-0.2, -0.15) is 0 Å². The van der Waals surface area contributed by atoms with E-state index in [0.717, 1.165) is 44.7 Å². The summed E-state index contributed by atoms with van der Waals surface area (Å²) in [4.78, 5) is 15.6. The topological polar surface area (TPSA) is 20.3 Å². The second-order valence-electron chi connectivity index (χ2n) is 6.75. The molecule has 0 amide bonds. The van der Waals surface area contributed by atoms with Gasteiger partial charge in [-0.3, -0.25) is 9.69 Å². The highest BCUT2D eigenvalue weighted by molar-refractivity contribution is 5.90. The fourth-order valence-corrected chi connectivity index (χ4v) is 4.25. The molecule has 1 heterocycles. The fraction of sp³-hybridized carbons (Fsp3) is 0.941. The average molecular weight is 265 g/mol. The van der Waals surface area contributed by atoms with Crippen LogP contribution in [0.1, 0.15) is 72.1 Å². The Kier molecular flexibility index (Phi) is 5.05. The van der Waals surface area contributed by atoms with E-state index in [1.54, 1.807) is 0 Å². The highest BCUT2D eigenvalue weighted by Gasteiger charge is 2.44. The van der Waals surface area contributed by atoms with E-state index in [-0.39, 0.29) is 5.54 Å². The molecule has 0 bridgehead atoms. The van der Waals surface area contributed by atoms with Crippen LogP contribution in [-0.4, -0.2) is 29.3 Å². The van der Waals surface area contributed by atoms with E-state index in [4.69, 9.17) is 0 Å². The van der Waals surface area contributed by atoms with Gasteiger partial charge in [-0.05, 0) is 57.5 Å². The third kappa shape index (κ3) is 2.89. The van der Waals surface area contributed by atoms with Crippen molar-refractivity contribution in [3.8, 4) is 0 Å². The predicted molar refractivity (Wildman–Crippen MR) is 80.2 cm³/mol. The lowest BCUT2D eigenvalue weighted by atomic mass is 9.73. The molecule has 2 rings (SSSR count). The molecule has 1 saturated heterocycles. The Morgan fingerprint density at radius 3 is 2.05 bits per heavy atom. The van der Waals surface area contributed by atoms with Crippen molar-refractivity contribution >= 4 is 5.78 Å². The molecule has 0 spiro atoms. The quantitative estimate of drug-likeness (QED) is 0.748. The first-order chi connectivity index (χ1) is 9.14. The van der Waals surface area contributed by atoms with Gasteiger partial charge < -0.3 is 0 Å². The molecule has 2 aliphatic rings. The first-order valence-electron chi connectivity index (χ1n) is 8.43. The molecule has 0 aromatic carbocycles. The maximum atomic E-state index is 13.1. The third-order valence-electron chi connectivity index (χ3n) is 5.73. The van der Waals surface area contributed by atoms with Crippen LogP contribution in [0.2, 0.25) is 0 Å². The van der Waals surface area contributed by atoms with Crippen molar-refractivity contribution in [2.45, 2.75) is 77.7 Å². The number of hydrogen-bond acceptors (Lipinski definition) is 2. The van der Waals surface area contributed by atoms with E-state index >= 15 is 0 Å². The molecule has 19 heavy (non-hydrogen) atoms. The largest absolute Gasteiger partial charge is 0.297 e. The van der Waals surface area contributed by atoms with Crippen LogP contribution in [-0.2, 0) is 4.79 Å². The molecule has 0 radical (unpaired) electrons. The van der Waals surface area contributed by atoms with Crippen molar-refractivity contribution in [2.75, 3.05) is 13.1 Å². The normalized spacial score (nSPS) is 29.6. The number of Topliss-reactive ketones (excluding diaryl/α,β-unsaturated/α-hetero) is 1. The molecule has 2 nitrogen and oxygen atoms in total. The zero-order chi connectivity index (χ0) is 13.9. The summed E-state index contributed by atoms with van der Waals surface area (Å²) in [6.45, 7) is 9.03. The summed E-state index contributed by atoms with van der Waals surface area (Å²) in [5.41, 5.74) is -0.137. The lowest BCUT2D eigenvalue weighted by Crippen LogP contribution is -2.55. The summed E-state index contributed by atoms with van der Waals surface area (Å²) in [6.07, 6.45) is 9.31. The first-order valence-corrected chi connectivity index (χ1v) is 8.43. The maximum absolute atomic E-state index is 13.1. The first kappa shape index (κ1) is 15.0. The lowest BCUT2D eigenvalue weighted by molar-refractivity contribution is -0.137. The van der Waals surface area contributed by atoms with Crippen molar-refractivity contribution in [1.82, 2.24) is 4.90 Å². The number of likely N-dealkylation sites (tertiary alicyclic amines) is 1. The highest BCUT2D eigenvalue weighted by Crippen LogP contribution is 2.37. The number of hydrogen-bond donors (Lipinski definition) is 0. The minimum atomic E-state index is -0.137. The van der Waals surface area contributed by atoms with Crippen molar-refractivity contribution in [3.05, 3.63) is 0 Å². The smallest absolute Gasteiger partial charge is 0.156 e. The van der Waals surface area contributed by atoms with Crippen LogP contribution in [0.5, 0.6) is 0 Å². The molecular weight excluding hydrogens is 234 g/mol. The summed E-state index contributed by atoms with van der Waals surface area (Å²) in [5, 5.41) is 0. The summed E-state index contributed by atoms with van der Waals surface area (Å²) < 4.78 is 0. The van der Waals surface area contributed by atoms with Crippen molar-refractivity contribution in [1.29, 1.82) is 0 Å². The van der Waals surface area contributed by atoms with Crippen LogP contribution in [0.15, 0.2) is 0 Å². The molecule has 2 heteroatoms. The van der Waals surface area contributed by atoms with E-state index in [1.165, 1.54) is 25.7 Å². The standard InChI is InChI=1S/C17H31NO/c1-4-17(5-2,18-12-6-7-13-18)16(19)15-10-8-14(3)9-11-15/h14-15H,4-13H2,1-3H3. The van der Waals surface area contributed by atoms with E-state index in [9.17, 15) is 4.79 Å². The van der Waals surface area contributed by atoms with E-state index in [1.807, 2.05) is 0 Å². The molecule has 0 atom stereocenters. The monoisotopic (exact) mass is 265 g/mol. The van der Waals surface area contributed by atoms with Crippen molar-refractivity contribution < 1.29 is 4.79 Å². The highest BCUT2D eigenvalue weighted by atomic mass is 16.1. The number of carbonyl (C=O) groups is 1. The molecule has 0 aromatic rings. The second kappa shape index (κ2) is 6.39. The van der Waals surface area contributed by atoms with Gasteiger partial charge in [0.2, 0.25) is 0 Å². The Labute approximate surface area is 118 Å². The van der Waals surface area contributed by atoms with Gasteiger partial charge in [0.05, 0.1) is 5.54 Å². The molecular formula is C17H31NO. The molecule has 0 aromatic heterocycles. The second-order valence-corrected chi connectivity index (χ2v) is 6.75. The van der Waals surface area contributed by atoms with E-state index in [0.29, 0.717) is 11.7 Å². The number of nitrogens with zero attached hydrogens (tertiary/aromatic N) is 1. The molecule has 2 fully saturated rings. The van der Waals surface area contributed by atoms with Gasteiger partial charge in [-0.25, -0.2) is 0 Å². The van der Waals surface area contributed by atoms with Crippen LogP contribution in [0.3, 0.4) is 0 Å². The Bertz CT molecular complexity index is 294. The molecule has 1 aliphatic carbocycles. The van der Waals surface area contributed by atoms with Crippen LogP contribution in [0.4, 0.5) is 0 Å². The van der Waals surface area contributed by atoms with Gasteiger partial charge in [-0.15, -0.1) is 0 Å². The lowest BCUT2D eigenvalue weighted by Gasteiger charge is -2.42. The fourth-order valence-electron chi connectivity index (χ4n) is 4.25. The molecule has 110 valence electrons. The maximum Gasteiger partial charge on any atom is 0.156 e. The summed E-state index contributed by atoms with van der Waals surface area (Å²) in [5.74, 6) is 1.75. The molecule has 1 aliphatic heterocycles. The minimum Gasteiger partial charge on any atom is -0.297 e. The predicted octanol–water partition coefficient (Wildman–Crippen LogP) is 4.04. The van der Waals surface area contributed by atoms with Crippen LogP contribution < -0.4 is 0 Å². The Morgan fingerprint density at radius 2 is 1.58 bits per heavy atom. The number of carbonyl (C=O) groups excluding carboxylic acids is 1. The third-order valence-corrected chi connectivity index (χ3v) is 5.73. The SMILES string of the molecule is CCC(CC)(C(=O)C1CCC(C)CC1)N1CCCC1. The van der Waals surface area contributed by atoms with E-state index in [2.05, 4.69) is 25.7 Å². The number of ketones is 1. The van der Waals surface area contributed by atoms with Gasteiger partial charge in [0.25, 0.3) is 0 Å². The molecule has 1 saturated carbocycles. The zero-order valence-corrected chi connectivity index (χ0v) is 13.1. The van der Waals surface area contributed by atoms with Gasteiger partial charge in [0.15, 0.2) is 5.78 Å². The van der Waals surface area contributed by atoms with Crippen LogP contribution in [0, 0.1) is 11.8 Å². The summed E-state index contributed by atoms with van der Waals surface area (Å²) >= 11 is 0. The minimum absolute atomic E-state index is 0.137. The van der Waals surface area contributed by atoms with Crippen molar-refractivity contribution in [2.24, 2.45) is 11.8 Å². The molecule has 0 unspecified atom stereocenters. The van der Waals surface area contributed by atoms with Gasteiger partial charge >= 0.3 is 0 Å². The Hall–Kier alpha value is -0.370. The van der Waals surface area contributed by atoms with Gasteiger partial charge in [-0.1, -0.05) is 33.6 Å². The van der Waals surface area contributed by atoms with Gasteiger partial charge in [0, 0.05) is 5.92 Å². The van der Waals surface area contributed by atoms with Crippen LogP contribution in [0.25, 0.3) is 0 Å². The summed E-state index contributed by atoms with van der Waals surface area (Å²) in [6, 6.07) is 0. The Morgan fingerprint density at radius 1 is 1.05 bits per heavy atom. The average Bonchev–Trinajstić information content (AvgIpc) is 2.96. The number of rotatable bonds is 5. The zero-order valence-electron chi connectivity index (χ0n) is 13.1. The van der Waals surface area contributed by atoms with E-state index < -0.39 is 0 Å². The summed E-state index contributed by atoms with van der Waals surface area (Å²) in [7, 11) is 0. The molecule has 0 N–H and O–H groups in total. The Balaban J connectivity index is 2.11. The van der Waals surface area contributed by atoms with Gasteiger partial charge in [0.1, 0.15) is 0 Å². The van der Waals surface area contributed by atoms with Crippen molar-refractivity contribution in [3.63, 3.8) is 0 Å².